The number of hydrogen-bond donors (Lipinski definition) is 1. The molecule has 0 aliphatic heterocycles. The van der Waals surface area contributed by atoms with Crippen molar-refractivity contribution in [1.82, 2.24) is 25.1 Å². The average molecular weight is 408 g/mol. The van der Waals surface area contributed by atoms with Crippen LogP contribution in [0.2, 0.25) is 0 Å². The van der Waals surface area contributed by atoms with Gasteiger partial charge in [-0.15, -0.1) is 10.2 Å². The van der Waals surface area contributed by atoms with Gasteiger partial charge in [0, 0.05) is 30.7 Å². The lowest BCUT2D eigenvalue weighted by Gasteiger charge is -2.12. The van der Waals surface area contributed by atoms with Crippen LogP contribution in [0.15, 0.2) is 73.2 Å². The van der Waals surface area contributed by atoms with E-state index in [1.54, 1.807) is 36.8 Å². The number of pyridine rings is 2. The summed E-state index contributed by atoms with van der Waals surface area (Å²) >= 11 is 0. The number of nitrogens with one attached hydrogen (secondary N) is 1. The summed E-state index contributed by atoms with van der Waals surface area (Å²) in [5, 5.41) is 11.5. The molecule has 3 heterocycles. The fourth-order valence-electron chi connectivity index (χ4n) is 2.75. The van der Waals surface area contributed by atoms with Gasteiger partial charge in [0.25, 0.3) is 0 Å². The van der Waals surface area contributed by atoms with Gasteiger partial charge < -0.3 is 5.32 Å². The molecule has 0 aliphatic rings. The first-order chi connectivity index (χ1) is 14.5. The highest BCUT2D eigenvalue weighted by Gasteiger charge is 2.30. The standard InChI is InChI=1S/C21H15F3N6/c22-21(23,24)16-8-6-15(7-9-16)18-20(27-13-14-4-3-10-25-12-14)28-19(30-29-18)17-5-1-2-11-26-17/h1-12H,13H2,(H,27,28,30). The molecule has 0 bridgehead atoms. The number of aromatic nitrogens is 5. The van der Waals surface area contributed by atoms with Gasteiger partial charge in [-0.1, -0.05) is 24.3 Å². The largest absolute Gasteiger partial charge is 0.416 e. The maximum atomic E-state index is 12.9. The first kappa shape index (κ1) is 19.4. The summed E-state index contributed by atoms with van der Waals surface area (Å²) in [4.78, 5) is 12.8. The molecular weight excluding hydrogens is 393 g/mol. The van der Waals surface area contributed by atoms with Gasteiger partial charge >= 0.3 is 6.18 Å². The summed E-state index contributed by atoms with van der Waals surface area (Å²) in [7, 11) is 0. The summed E-state index contributed by atoms with van der Waals surface area (Å²) in [6.07, 6.45) is 0.583. The molecule has 150 valence electrons. The molecule has 3 aromatic heterocycles. The highest BCUT2D eigenvalue weighted by Crippen LogP contribution is 2.32. The Labute approximate surface area is 169 Å². The van der Waals surface area contributed by atoms with Crippen LogP contribution >= 0.6 is 0 Å². The highest BCUT2D eigenvalue weighted by molar-refractivity contribution is 5.72. The maximum Gasteiger partial charge on any atom is 0.416 e. The van der Waals surface area contributed by atoms with Gasteiger partial charge in [-0.25, -0.2) is 4.98 Å². The minimum Gasteiger partial charge on any atom is -0.364 e. The molecule has 6 nitrogen and oxygen atoms in total. The average Bonchev–Trinajstić information content (AvgIpc) is 2.78. The molecule has 0 unspecified atom stereocenters. The molecule has 0 saturated carbocycles. The first-order valence-corrected chi connectivity index (χ1v) is 8.97. The molecule has 0 saturated heterocycles. The lowest BCUT2D eigenvalue weighted by atomic mass is 10.1. The van der Waals surface area contributed by atoms with Crippen molar-refractivity contribution in [3.8, 4) is 22.8 Å². The molecule has 4 rings (SSSR count). The molecule has 1 N–H and O–H groups in total. The van der Waals surface area contributed by atoms with Crippen LogP contribution in [0.3, 0.4) is 0 Å². The molecule has 0 amide bonds. The lowest BCUT2D eigenvalue weighted by molar-refractivity contribution is -0.137. The Balaban J connectivity index is 1.71. The Morgan fingerprint density at radius 2 is 1.70 bits per heavy atom. The van der Waals surface area contributed by atoms with Crippen molar-refractivity contribution in [1.29, 1.82) is 0 Å². The third-order valence-electron chi connectivity index (χ3n) is 4.25. The zero-order chi connectivity index (χ0) is 21.0. The van der Waals surface area contributed by atoms with E-state index >= 15 is 0 Å². The topological polar surface area (TPSA) is 76.5 Å². The molecule has 30 heavy (non-hydrogen) atoms. The van der Waals surface area contributed by atoms with Crippen molar-refractivity contribution in [2.75, 3.05) is 5.32 Å². The van der Waals surface area contributed by atoms with Crippen LogP contribution < -0.4 is 5.32 Å². The zero-order valence-electron chi connectivity index (χ0n) is 15.5. The SMILES string of the molecule is FC(F)(F)c1ccc(-c2nnc(-c3ccccn3)nc2NCc2cccnc2)cc1. The van der Waals surface area contributed by atoms with Crippen LogP contribution in [0, 0.1) is 0 Å². The van der Waals surface area contributed by atoms with Crippen LogP contribution in [0.1, 0.15) is 11.1 Å². The molecule has 0 radical (unpaired) electrons. The first-order valence-electron chi connectivity index (χ1n) is 8.97. The third kappa shape index (κ3) is 4.40. The Morgan fingerprint density at radius 3 is 2.37 bits per heavy atom. The number of nitrogens with zero attached hydrogens (tertiary/aromatic N) is 5. The number of benzene rings is 1. The van der Waals surface area contributed by atoms with Gasteiger partial charge in [0.05, 0.1) is 5.56 Å². The predicted molar refractivity (Wildman–Crippen MR) is 105 cm³/mol. The number of rotatable bonds is 5. The van der Waals surface area contributed by atoms with E-state index in [0.717, 1.165) is 17.7 Å². The molecule has 0 atom stereocenters. The van der Waals surface area contributed by atoms with Gasteiger partial charge in [0.1, 0.15) is 11.4 Å². The molecule has 4 aromatic rings. The minimum absolute atomic E-state index is 0.306. The molecule has 9 heteroatoms. The van der Waals surface area contributed by atoms with E-state index in [1.807, 2.05) is 12.1 Å². The van der Waals surface area contributed by atoms with Crippen molar-refractivity contribution >= 4 is 5.82 Å². The Kier molecular flexibility index (Phi) is 5.34. The van der Waals surface area contributed by atoms with E-state index in [4.69, 9.17) is 0 Å². The van der Waals surface area contributed by atoms with E-state index in [9.17, 15) is 13.2 Å². The second-order valence-corrected chi connectivity index (χ2v) is 6.34. The summed E-state index contributed by atoms with van der Waals surface area (Å²) in [5.74, 6) is 0.689. The lowest BCUT2D eigenvalue weighted by Crippen LogP contribution is -2.08. The molecular formula is C21H15F3N6. The van der Waals surface area contributed by atoms with Crippen molar-refractivity contribution in [2.24, 2.45) is 0 Å². The van der Waals surface area contributed by atoms with Crippen molar-refractivity contribution in [2.45, 2.75) is 12.7 Å². The van der Waals surface area contributed by atoms with Crippen LogP contribution in [-0.2, 0) is 12.7 Å². The molecule has 1 aromatic carbocycles. The van der Waals surface area contributed by atoms with Crippen LogP contribution in [0.5, 0.6) is 0 Å². The second kappa shape index (κ2) is 8.24. The smallest absolute Gasteiger partial charge is 0.364 e. The summed E-state index contributed by atoms with van der Waals surface area (Å²) < 4.78 is 38.7. The Morgan fingerprint density at radius 1 is 0.867 bits per heavy atom. The number of halogens is 3. The number of hydrogen-bond acceptors (Lipinski definition) is 6. The normalized spacial score (nSPS) is 11.3. The molecule has 0 aliphatic carbocycles. The van der Waals surface area contributed by atoms with E-state index in [0.29, 0.717) is 35.1 Å². The van der Waals surface area contributed by atoms with Gasteiger partial charge in [0.15, 0.2) is 5.82 Å². The number of anilines is 1. The van der Waals surface area contributed by atoms with Crippen LogP contribution in [0.25, 0.3) is 22.8 Å². The van der Waals surface area contributed by atoms with Crippen LogP contribution in [0.4, 0.5) is 19.0 Å². The van der Waals surface area contributed by atoms with E-state index in [1.165, 1.54) is 12.1 Å². The predicted octanol–water partition coefficient (Wildman–Crippen LogP) is 4.63. The summed E-state index contributed by atoms with van der Waals surface area (Å²) in [6, 6.07) is 13.8. The van der Waals surface area contributed by atoms with Gasteiger partial charge in [-0.3, -0.25) is 9.97 Å². The quantitative estimate of drug-likeness (QED) is 0.519. The summed E-state index contributed by atoms with van der Waals surface area (Å²) in [6.45, 7) is 0.405. The van der Waals surface area contributed by atoms with Gasteiger partial charge in [0.2, 0.25) is 5.82 Å². The fraction of sp³-hybridized carbons (Fsp3) is 0.0952. The van der Waals surface area contributed by atoms with E-state index in [2.05, 4.69) is 30.5 Å². The summed E-state index contributed by atoms with van der Waals surface area (Å²) in [5.41, 5.74) is 1.51. The molecule has 0 fully saturated rings. The number of alkyl halides is 3. The van der Waals surface area contributed by atoms with Gasteiger partial charge in [-0.2, -0.15) is 13.2 Å². The minimum atomic E-state index is -4.41. The van der Waals surface area contributed by atoms with Crippen molar-refractivity contribution in [3.05, 3.63) is 84.3 Å². The molecule has 0 spiro atoms. The van der Waals surface area contributed by atoms with E-state index < -0.39 is 11.7 Å². The second-order valence-electron chi connectivity index (χ2n) is 6.34. The maximum absolute atomic E-state index is 12.9. The van der Waals surface area contributed by atoms with Crippen LogP contribution in [-0.4, -0.2) is 25.1 Å². The highest BCUT2D eigenvalue weighted by atomic mass is 19.4. The fourth-order valence-corrected chi connectivity index (χ4v) is 2.75. The van der Waals surface area contributed by atoms with Crippen molar-refractivity contribution < 1.29 is 13.2 Å². The zero-order valence-corrected chi connectivity index (χ0v) is 15.5. The van der Waals surface area contributed by atoms with Gasteiger partial charge in [-0.05, 0) is 35.9 Å². The van der Waals surface area contributed by atoms with Crippen molar-refractivity contribution in [3.63, 3.8) is 0 Å². The monoisotopic (exact) mass is 408 g/mol. The third-order valence-corrected chi connectivity index (χ3v) is 4.25. The Hall–Kier alpha value is -3.88. The van der Waals surface area contributed by atoms with E-state index in [-0.39, 0.29) is 0 Å². The Bertz CT molecular complexity index is 1120.